The molecular weight excluding hydrogens is 244 g/mol. The molecule has 2 nitrogen and oxygen atoms in total. The van der Waals surface area contributed by atoms with Gasteiger partial charge in [0.2, 0.25) is 0 Å². The van der Waals surface area contributed by atoms with Crippen molar-refractivity contribution in [3.63, 3.8) is 0 Å². The molecular formula is C18H30N2. The molecule has 0 aromatic heterocycles. The maximum atomic E-state index is 3.59. The van der Waals surface area contributed by atoms with Crippen LogP contribution in [0.15, 0.2) is 30.3 Å². The van der Waals surface area contributed by atoms with Crippen molar-refractivity contribution in [3.8, 4) is 0 Å². The van der Waals surface area contributed by atoms with E-state index in [9.17, 15) is 0 Å². The summed E-state index contributed by atoms with van der Waals surface area (Å²) in [6.45, 7) is 8.21. The van der Waals surface area contributed by atoms with Crippen molar-refractivity contribution in [3.05, 3.63) is 35.9 Å². The molecule has 1 aliphatic heterocycles. The smallest absolute Gasteiger partial charge is 0.0221 e. The summed E-state index contributed by atoms with van der Waals surface area (Å²) < 4.78 is 0. The lowest BCUT2D eigenvalue weighted by atomic mass is 10.1. The number of nitrogens with one attached hydrogen (secondary N) is 1. The lowest BCUT2D eigenvalue weighted by molar-refractivity contribution is 0.239. The number of hydrogen-bond donors (Lipinski definition) is 1. The molecule has 0 spiro atoms. The van der Waals surface area contributed by atoms with Crippen LogP contribution in [0.3, 0.4) is 0 Å². The molecule has 0 radical (unpaired) electrons. The van der Waals surface area contributed by atoms with Crippen LogP contribution in [0.5, 0.6) is 0 Å². The Balaban J connectivity index is 1.63. The third kappa shape index (κ3) is 5.26. The highest BCUT2D eigenvalue weighted by molar-refractivity contribution is 5.14. The average molecular weight is 274 g/mol. The Morgan fingerprint density at radius 3 is 2.75 bits per heavy atom. The molecule has 112 valence electrons. The van der Waals surface area contributed by atoms with E-state index >= 15 is 0 Å². The maximum Gasteiger partial charge on any atom is 0.0221 e. The van der Waals surface area contributed by atoms with Crippen LogP contribution < -0.4 is 5.32 Å². The lowest BCUT2D eigenvalue weighted by Gasteiger charge is -2.25. The Morgan fingerprint density at radius 1 is 1.20 bits per heavy atom. The van der Waals surface area contributed by atoms with E-state index in [1.165, 1.54) is 50.8 Å². The highest BCUT2D eigenvalue weighted by Crippen LogP contribution is 2.17. The minimum Gasteiger partial charge on any atom is -0.313 e. The van der Waals surface area contributed by atoms with Gasteiger partial charge in [-0.3, -0.25) is 4.90 Å². The molecule has 0 amide bonds. The van der Waals surface area contributed by atoms with Gasteiger partial charge in [-0.05, 0) is 50.8 Å². The first-order valence-corrected chi connectivity index (χ1v) is 8.27. The standard InChI is InChI=1S/C18H30N2/c1-16(2)19-15-18-12-8-14-20(18)13-7-6-11-17-9-4-3-5-10-17/h3-5,9-10,16,18-19H,6-8,11-15H2,1-2H3. The quantitative estimate of drug-likeness (QED) is 0.730. The number of aryl methyl sites for hydroxylation is 1. The molecule has 2 rings (SSSR count). The predicted octanol–water partition coefficient (Wildman–Crippen LogP) is 3.47. The zero-order valence-corrected chi connectivity index (χ0v) is 13.1. The Bertz CT molecular complexity index is 361. The van der Waals surface area contributed by atoms with Gasteiger partial charge in [-0.1, -0.05) is 44.2 Å². The summed E-state index contributed by atoms with van der Waals surface area (Å²) in [6.07, 6.45) is 6.61. The molecule has 1 aromatic carbocycles. The Labute approximate surface area is 124 Å². The Hall–Kier alpha value is -0.860. The second kappa shape index (κ2) is 8.43. The van der Waals surface area contributed by atoms with Crippen LogP contribution in [0.2, 0.25) is 0 Å². The molecule has 2 heteroatoms. The van der Waals surface area contributed by atoms with Gasteiger partial charge in [0.25, 0.3) is 0 Å². The number of likely N-dealkylation sites (tertiary alicyclic amines) is 1. The zero-order valence-electron chi connectivity index (χ0n) is 13.1. The van der Waals surface area contributed by atoms with Gasteiger partial charge in [-0.15, -0.1) is 0 Å². The van der Waals surface area contributed by atoms with Crippen molar-refractivity contribution in [1.82, 2.24) is 10.2 Å². The van der Waals surface area contributed by atoms with Crippen molar-refractivity contribution < 1.29 is 0 Å². The minimum absolute atomic E-state index is 0.607. The fourth-order valence-electron chi connectivity index (χ4n) is 3.08. The van der Waals surface area contributed by atoms with Crippen LogP contribution >= 0.6 is 0 Å². The van der Waals surface area contributed by atoms with Gasteiger partial charge < -0.3 is 5.32 Å². The van der Waals surface area contributed by atoms with Crippen molar-refractivity contribution in [2.75, 3.05) is 19.6 Å². The fourth-order valence-corrected chi connectivity index (χ4v) is 3.08. The molecule has 1 unspecified atom stereocenters. The van der Waals surface area contributed by atoms with E-state index in [0.29, 0.717) is 6.04 Å². The second-order valence-electron chi connectivity index (χ2n) is 6.34. The number of rotatable bonds is 8. The normalized spacial score (nSPS) is 19.9. The van der Waals surface area contributed by atoms with Crippen molar-refractivity contribution in [1.29, 1.82) is 0 Å². The topological polar surface area (TPSA) is 15.3 Å². The SMILES string of the molecule is CC(C)NCC1CCCN1CCCCc1ccccc1. The van der Waals surface area contributed by atoms with E-state index < -0.39 is 0 Å². The third-order valence-electron chi connectivity index (χ3n) is 4.26. The fraction of sp³-hybridized carbons (Fsp3) is 0.667. The monoisotopic (exact) mass is 274 g/mol. The summed E-state index contributed by atoms with van der Waals surface area (Å²) in [4.78, 5) is 2.69. The number of benzene rings is 1. The predicted molar refractivity (Wildman–Crippen MR) is 87.1 cm³/mol. The largest absolute Gasteiger partial charge is 0.313 e. The summed E-state index contributed by atoms with van der Waals surface area (Å²) in [6, 6.07) is 12.2. The van der Waals surface area contributed by atoms with Crippen LogP contribution in [0.4, 0.5) is 0 Å². The third-order valence-corrected chi connectivity index (χ3v) is 4.26. The first kappa shape index (κ1) is 15.5. The van der Waals surface area contributed by atoms with E-state index in [2.05, 4.69) is 54.4 Å². The van der Waals surface area contributed by atoms with Crippen LogP contribution in [0, 0.1) is 0 Å². The average Bonchev–Trinajstić information content (AvgIpc) is 2.90. The van der Waals surface area contributed by atoms with E-state index in [1.807, 2.05) is 0 Å². The summed E-state index contributed by atoms with van der Waals surface area (Å²) >= 11 is 0. The second-order valence-corrected chi connectivity index (χ2v) is 6.34. The van der Waals surface area contributed by atoms with Crippen LogP contribution in [-0.2, 0) is 6.42 Å². The molecule has 1 fully saturated rings. The molecule has 1 aromatic rings. The molecule has 0 bridgehead atoms. The van der Waals surface area contributed by atoms with E-state index in [0.717, 1.165) is 12.6 Å². The summed E-state index contributed by atoms with van der Waals surface area (Å²) in [5, 5.41) is 3.59. The molecule has 1 atom stereocenters. The highest BCUT2D eigenvalue weighted by Gasteiger charge is 2.23. The first-order valence-electron chi connectivity index (χ1n) is 8.27. The van der Waals surface area contributed by atoms with Crippen molar-refractivity contribution in [2.24, 2.45) is 0 Å². The lowest BCUT2D eigenvalue weighted by Crippen LogP contribution is -2.40. The number of nitrogens with zero attached hydrogens (tertiary/aromatic N) is 1. The molecule has 1 N–H and O–H groups in total. The van der Waals surface area contributed by atoms with E-state index in [4.69, 9.17) is 0 Å². The molecule has 0 aliphatic carbocycles. The Kier molecular flexibility index (Phi) is 6.55. The number of hydrogen-bond acceptors (Lipinski definition) is 2. The van der Waals surface area contributed by atoms with Gasteiger partial charge in [0.05, 0.1) is 0 Å². The number of unbranched alkanes of at least 4 members (excludes halogenated alkanes) is 1. The van der Waals surface area contributed by atoms with Crippen LogP contribution in [0.25, 0.3) is 0 Å². The van der Waals surface area contributed by atoms with Crippen LogP contribution in [-0.4, -0.2) is 36.6 Å². The van der Waals surface area contributed by atoms with E-state index in [-0.39, 0.29) is 0 Å². The molecule has 1 aliphatic rings. The minimum atomic E-state index is 0.607. The molecule has 0 saturated carbocycles. The van der Waals surface area contributed by atoms with Gasteiger partial charge >= 0.3 is 0 Å². The summed E-state index contributed by atoms with van der Waals surface area (Å²) in [7, 11) is 0. The van der Waals surface area contributed by atoms with Gasteiger partial charge in [-0.25, -0.2) is 0 Å². The summed E-state index contributed by atoms with van der Waals surface area (Å²) in [5.74, 6) is 0. The molecule has 1 heterocycles. The first-order chi connectivity index (χ1) is 9.75. The maximum absolute atomic E-state index is 3.59. The Morgan fingerprint density at radius 2 is 2.00 bits per heavy atom. The summed E-state index contributed by atoms with van der Waals surface area (Å²) in [5.41, 5.74) is 1.48. The van der Waals surface area contributed by atoms with Crippen molar-refractivity contribution in [2.45, 2.75) is 58.0 Å². The van der Waals surface area contributed by atoms with Gasteiger partial charge in [0.1, 0.15) is 0 Å². The van der Waals surface area contributed by atoms with Gasteiger partial charge in [0, 0.05) is 18.6 Å². The molecule has 20 heavy (non-hydrogen) atoms. The van der Waals surface area contributed by atoms with Crippen molar-refractivity contribution >= 4 is 0 Å². The van der Waals surface area contributed by atoms with Gasteiger partial charge in [0.15, 0.2) is 0 Å². The zero-order chi connectivity index (χ0) is 14.2. The van der Waals surface area contributed by atoms with E-state index in [1.54, 1.807) is 0 Å². The van der Waals surface area contributed by atoms with Crippen LogP contribution in [0.1, 0.15) is 45.1 Å². The highest BCUT2D eigenvalue weighted by atomic mass is 15.2. The van der Waals surface area contributed by atoms with Gasteiger partial charge in [-0.2, -0.15) is 0 Å². The molecule has 1 saturated heterocycles.